The zero-order valence-electron chi connectivity index (χ0n) is 13.3. The summed E-state index contributed by atoms with van der Waals surface area (Å²) >= 11 is 3.43. The van der Waals surface area contributed by atoms with Gasteiger partial charge in [0.1, 0.15) is 0 Å². The van der Waals surface area contributed by atoms with E-state index in [1.807, 2.05) is 54.6 Å². The minimum absolute atomic E-state index is 0.118. The fourth-order valence-corrected chi connectivity index (χ4v) is 3.00. The van der Waals surface area contributed by atoms with E-state index in [1.165, 1.54) is 4.68 Å². The first-order valence-corrected chi connectivity index (χ1v) is 8.66. The van der Waals surface area contributed by atoms with E-state index in [4.69, 9.17) is 0 Å². The molecule has 0 bridgehead atoms. The molecule has 2 aromatic carbocycles. The maximum Gasteiger partial charge on any atom is 0.267 e. The number of hydrogen-bond acceptors (Lipinski definition) is 3. The van der Waals surface area contributed by atoms with E-state index in [0.717, 1.165) is 32.2 Å². The van der Waals surface area contributed by atoms with Crippen LogP contribution in [0.3, 0.4) is 0 Å². The predicted molar refractivity (Wildman–Crippen MR) is 102 cm³/mol. The Bertz CT molecular complexity index is 1100. The minimum atomic E-state index is -0.118. The van der Waals surface area contributed by atoms with Crippen LogP contribution in [0.5, 0.6) is 0 Å². The monoisotopic (exact) mass is 391 g/mol. The molecule has 0 aliphatic carbocycles. The molecule has 0 aliphatic heterocycles. The lowest BCUT2D eigenvalue weighted by Gasteiger charge is -2.08. The summed E-state index contributed by atoms with van der Waals surface area (Å²) in [6.07, 6.45) is 1.77. The van der Waals surface area contributed by atoms with E-state index in [9.17, 15) is 4.79 Å². The van der Waals surface area contributed by atoms with Crippen molar-refractivity contribution in [2.45, 2.75) is 6.54 Å². The first-order valence-electron chi connectivity index (χ1n) is 7.87. The van der Waals surface area contributed by atoms with Crippen molar-refractivity contribution in [3.63, 3.8) is 0 Å². The highest BCUT2D eigenvalue weighted by Crippen LogP contribution is 2.19. The maximum atomic E-state index is 12.2. The molecule has 0 spiro atoms. The molecule has 0 saturated carbocycles. The summed E-state index contributed by atoms with van der Waals surface area (Å²) in [6.45, 7) is 0.425. The third-order valence-electron chi connectivity index (χ3n) is 4.01. The van der Waals surface area contributed by atoms with Gasteiger partial charge in [0, 0.05) is 27.7 Å². The molecule has 122 valence electrons. The average molecular weight is 392 g/mol. The second kappa shape index (κ2) is 6.61. The molecule has 0 N–H and O–H groups in total. The Morgan fingerprint density at radius 1 is 0.960 bits per heavy atom. The molecular formula is C20H14BrN3O. The summed E-state index contributed by atoms with van der Waals surface area (Å²) in [4.78, 5) is 16.5. The highest BCUT2D eigenvalue weighted by atomic mass is 79.9. The van der Waals surface area contributed by atoms with Crippen LogP contribution in [0.4, 0.5) is 0 Å². The van der Waals surface area contributed by atoms with E-state index in [-0.39, 0.29) is 5.56 Å². The van der Waals surface area contributed by atoms with Crippen LogP contribution in [0.1, 0.15) is 5.56 Å². The van der Waals surface area contributed by atoms with E-state index >= 15 is 0 Å². The summed E-state index contributed by atoms with van der Waals surface area (Å²) in [6, 6.07) is 21.1. The van der Waals surface area contributed by atoms with Crippen LogP contribution in [0.25, 0.3) is 22.2 Å². The highest BCUT2D eigenvalue weighted by molar-refractivity contribution is 9.10. The molecule has 5 heteroatoms. The molecule has 0 unspecified atom stereocenters. The number of fused-ring (bicyclic) bond motifs is 1. The Labute approximate surface area is 152 Å². The summed E-state index contributed by atoms with van der Waals surface area (Å²) in [5.74, 6) is 0. The van der Waals surface area contributed by atoms with E-state index in [2.05, 4.69) is 26.0 Å². The normalized spacial score (nSPS) is 10.9. The highest BCUT2D eigenvalue weighted by Gasteiger charge is 2.05. The van der Waals surface area contributed by atoms with Crippen molar-refractivity contribution in [3.8, 4) is 11.3 Å². The number of hydrogen-bond donors (Lipinski definition) is 0. The fourth-order valence-electron chi connectivity index (χ4n) is 2.73. The number of aromatic nitrogens is 3. The molecule has 0 saturated heterocycles. The van der Waals surface area contributed by atoms with Crippen LogP contribution in [0.2, 0.25) is 0 Å². The molecule has 4 aromatic rings. The number of rotatable bonds is 3. The van der Waals surface area contributed by atoms with Crippen LogP contribution in [-0.2, 0) is 6.54 Å². The lowest BCUT2D eigenvalue weighted by molar-refractivity contribution is 0.643. The van der Waals surface area contributed by atoms with Crippen molar-refractivity contribution < 1.29 is 0 Å². The second-order valence-corrected chi connectivity index (χ2v) is 6.67. The average Bonchev–Trinajstić information content (AvgIpc) is 2.64. The lowest BCUT2D eigenvalue weighted by atomic mass is 10.1. The van der Waals surface area contributed by atoms with Gasteiger partial charge in [-0.2, -0.15) is 5.10 Å². The Morgan fingerprint density at radius 3 is 2.64 bits per heavy atom. The number of halogens is 1. The molecular weight excluding hydrogens is 378 g/mol. The van der Waals surface area contributed by atoms with Gasteiger partial charge >= 0.3 is 0 Å². The minimum Gasteiger partial charge on any atom is -0.268 e. The van der Waals surface area contributed by atoms with Crippen molar-refractivity contribution in [2.24, 2.45) is 0 Å². The Morgan fingerprint density at radius 2 is 1.80 bits per heavy atom. The number of nitrogens with zero attached hydrogens (tertiary/aromatic N) is 3. The van der Waals surface area contributed by atoms with Gasteiger partial charge < -0.3 is 0 Å². The zero-order valence-corrected chi connectivity index (χ0v) is 14.8. The first-order chi connectivity index (χ1) is 12.2. The third-order valence-corrected chi connectivity index (χ3v) is 4.54. The van der Waals surface area contributed by atoms with Crippen LogP contribution >= 0.6 is 15.9 Å². The summed E-state index contributed by atoms with van der Waals surface area (Å²) in [5, 5.41) is 5.57. The van der Waals surface area contributed by atoms with E-state index in [0.29, 0.717) is 6.54 Å². The van der Waals surface area contributed by atoms with Gasteiger partial charge in [0.2, 0.25) is 0 Å². The lowest BCUT2D eigenvalue weighted by Crippen LogP contribution is -2.22. The van der Waals surface area contributed by atoms with Gasteiger partial charge in [-0.3, -0.25) is 9.78 Å². The predicted octanol–water partition coefficient (Wildman–Crippen LogP) is 4.27. The van der Waals surface area contributed by atoms with Gasteiger partial charge in [0.15, 0.2) is 0 Å². The molecule has 2 heterocycles. The van der Waals surface area contributed by atoms with Gasteiger partial charge in [-0.1, -0.05) is 40.2 Å². The van der Waals surface area contributed by atoms with Gasteiger partial charge in [-0.25, -0.2) is 4.68 Å². The van der Waals surface area contributed by atoms with E-state index < -0.39 is 0 Å². The van der Waals surface area contributed by atoms with Crippen LogP contribution in [0, 0.1) is 0 Å². The summed E-state index contributed by atoms with van der Waals surface area (Å²) in [7, 11) is 0. The smallest absolute Gasteiger partial charge is 0.267 e. The summed E-state index contributed by atoms with van der Waals surface area (Å²) in [5.41, 5.74) is 3.58. The largest absolute Gasteiger partial charge is 0.268 e. The second-order valence-electron chi connectivity index (χ2n) is 5.75. The first kappa shape index (κ1) is 15.7. The molecule has 4 nitrogen and oxygen atoms in total. The molecule has 0 aliphatic rings. The van der Waals surface area contributed by atoms with Crippen molar-refractivity contribution in [1.82, 2.24) is 14.8 Å². The van der Waals surface area contributed by atoms with Crippen molar-refractivity contribution in [1.29, 1.82) is 0 Å². The van der Waals surface area contributed by atoms with Crippen molar-refractivity contribution in [3.05, 3.63) is 93.3 Å². The zero-order chi connectivity index (χ0) is 17.2. The SMILES string of the molecule is O=c1ccc(-c2ccc(Br)cc2)nn1Cc1ccc2ncccc2c1. The van der Waals surface area contributed by atoms with Crippen LogP contribution in [-0.4, -0.2) is 14.8 Å². The van der Waals surface area contributed by atoms with Gasteiger partial charge in [0.25, 0.3) is 5.56 Å². The number of pyridine rings is 1. The van der Waals surface area contributed by atoms with E-state index in [1.54, 1.807) is 18.3 Å². The molecule has 0 amide bonds. The summed E-state index contributed by atoms with van der Waals surface area (Å²) < 4.78 is 2.50. The standard InChI is InChI=1S/C20H14BrN3O/c21-17-6-4-15(5-7-17)19-9-10-20(25)24(23-19)13-14-3-8-18-16(12-14)2-1-11-22-18/h1-12H,13H2. The molecule has 25 heavy (non-hydrogen) atoms. The van der Waals surface area contributed by atoms with Gasteiger partial charge in [-0.15, -0.1) is 0 Å². The third kappa shape index (κ3) is 3.37. The van der Waals surface area contributed by atoms with Gasteiger partial charge in [-0.05, 0) is 42.0 Å². The molecule has 4 rings (SSSR count). The topological polar surface area (TPSA) is 47.8 Å². The molecule has 0 atom stereocenters. The molecule has 2 aromatic heterocycles. The van der Waals surface area contributed by atoms with Crippen molar-refractivity contribution in [2.75, 3.05) is 0 Å². The maximum absolute atomic E-state index is 12.2. The Kier molecular flexibility index (Phi) is 4.15. The number of benzene rings is 2. The van der Waals surface area contributed by atoms with Crippen molar-refractivity contribution >= 4 is 26.8 Å². The Balaban J connectivity index is 1.70. The van der Waals surface area contributed by atoms with Crippen LogP contribution < -0.4 is 5.56 Å². The fraction of sp³-hybridized carbons (Fsp3) is 0.0500. The quantitative estimate of drug-likeness (QED) is 0.523. The Hall–Kier alpha value is -2.79. The van der Waals surface area contributed by atoms with Gasteiger partial charge in [0.05, 0.1) is 17.8 Å². The molecule has 0 fully saturated rings. The molecule has 0 radical (unpaired) electrons. The van der Waals surface area contributed by atoms with Crippen LogP contribution in [0.15, 0.2) is 82.2 Å².